The molecule has 0 amide bonds. The van der Waals surface area contributed by atoms with Gasteiger partial charge in [0.05, 0.1) is 0 Å². The molecule has 0 atom stereocenters. The van der Waals surface area contributed by atoms with Crippen molar-refractivity contribution in [2.24, 2.45) is 0 Å². The lowest BCUT2D eigenvalue weighted by Gasteiger charge is -2.20. The molecule has 1 rings (SSSR count). The zero-order valence-electron chi connectivity index (χ0n) is 5.46. The topological polar surface area (TPSA) is 49.0 Å². The molecule has 0 aromatic heterocycles. The number of halogens is 4. The van der Waals surface area contributed by atoms with E-state index in [2.05, 4.69) is 18.5 Å². The first-order valence-electron chi connectivity index (χ1n) is 2.49. The average molecular weight is 243 g/mol. The van der Waals surface area contributed by atoms with Crippen LogP contribution in [0.1, 0.15) is 0 Å². The Kier molecular flexibility index (Phi) is 3.62. The fourth-order valence-electron chi connectivity index (χ4n) is 0.258. The van der Waals surface area contributed by atoms with E-state index < -0.39 is 23.4 Å². The summed E-state index contributed by atoms with van der Waals surface area (Å²) in [6.45, 7) is 0. The zero-order chi connectivity index (χ0) is 9.95. The van der Waals surface area contributed by atoms with Gasteiger partial charge in [-0.25, -0.2) is 0 Å². The summed E-state index contributed by atoms with van der Waals surface area (Å²) in [5.74, 6) is 0. The molecule has 11 heteroatoms. The highest BCUT2D eigenvalue weighted by Gasteiger charge is 2.62. The van der Waals surface area contributed by atoms with Crippen LogP contribution in [0.5, 0.6) is 0 Å². The van der Waals surface area contributed by atoms with Gasteiger partial charge in [0.25, 0.3) is 0 Å². The second kappa shape index (κ2) is 4.16. The predicted molar refractivity (Wildman–Crippen MR) is 32.6 cm³/mol. The molecule has 0 aromatic carbocycles. The Morgan fingerprint density at radius 1 is 1.08 bits per heavy atom. The normalized spacial score (nSPS) is 28.6. The van der Waals surface area contributed by atoms with E-state index >= 15 is 0 Å². The molecule has 13 heavy (non-hydrogen) atoms. The van der Waals surface area contributed by atoms with Crippen molar-refractivity contribution in [2.75, 3.05) is 0 Å². The first-order valence-corrected chi connectivity index (χ1v) is 3.97. The van der Waals surface area contributed by atoms with E-state index in [-0.39, 0.29) is 12.2 Å². The predicted octanol–water partition coefficient (Wildman–Crippen LogP) is 1.80. The minimum Gasteiger partial charge on any atom is -0.181 e. The number of hydrogen-bond acceptors (Lipinski definition) is 7. The molecule has 1 N–H and O–H groups in total. The Morgan fingerprint density at radius 2 is 1.77 bits per heavy atom. The van der Waals surface area contributed by atoms with E-state index in [0.29, 0.717) is 0 Å². The summed E-state index contributed by atoms with van der Waals surface area (Å²) in [7, 11) is 0. The Hall–Kier alpha value is 0.220. The van der Waals surface area contributed by atoms with Crippen LogP contribution in [0, 0.1) is 0 Å². The summed E-state index contributed by atoms with van der Waals surface area (Å²) in [6, 6.07) is 0. The van der Waals surface area contributed by atoms with Crippen molar-refractivity contribution in [2.45, 2.75) is 11.4 Å². The largest absolute Gasteiger partial charge is 0.459 e. The summed E-state index contributed by atoms with van der Waals surface area (Å²) in [5, 5.41) is -4.63. The van der Waals surface area contributed by atoms with Crippen LogP contribution in [0.25, 0.3) is 0 Å². The van der Waals surface area contributed by atoms with Crippen LogP contribution < -0.4 is 4.89 Å². The van der Waals surface area contributed by atoms with Gasteiger partial charge >= 0.3 is 11.4 Å². The summed E-state index contributed by atoms with van der Waals surface area (Å²) in [6.07, 6.45) is -4.82. The minimum atomic E-state index is -4.82. The van der Waals surface area contributed by atoms with Crippen LogP contribution in [-0.2, 0) is 18.5 Å². The molecule has 1 aliphatic heterocycles. The van der Waals surface area contributed by atoms with E-state index in [0.717, 1.165) is 0 Å². The molecule has 5 nitrogen and oxygen atoms in total. The van der Waals surface area contributed by atoms with Crippen LogP contribution in [-0.4, -0.2) is 11.4 Å². The first kappa shape index (κ1) is 11.3. The SMILES string of the molecule is FC1(F)OOSNOOSC1(F)F. The third-order valence-corrected chi connectivity index (χ3v) is 1.61. The van der Waals surface area contributed by atoms with Crippen molar-refractivity contribution >= 4 is 24.3 Å². The van der Waals surface area contributed by atoms with Crippen LogP contribution >= 0.6 is 24.3 Å². The number of rotatable bonds is 0. The lowest BCUT2D eigenvalue weighted by atomic mass is 10.6. The van der Waals surface area contributed by atoms with Gasteiger partial charge in [-0.3, -0.25) is 0 Å². The maximum atomic E-state index is 12.4. The summed E-state index contributed by atoms with van der Waals surface area (Å²) < 4.78 is 56.5. The van der Waals surface area contributed by atoms with Gasteiger partial charge < -0.3 is 0 Å². The van der Waals surface area contributed by atoms with E-state index in [9.17, 15) is 17.6 Å². The molecule has 0 aliphatic carbocycles. The van der Waals surface area contributed by atoms with Gasteiger partial charge in [-0.1, -0.05) is 4.89 Å². The molecule has 0 aromatic rings. The van der Waals surface area contributed by atoms with E-state index in [1.807, 2.05) is 0 Å². The highest BCUT2D eigenvalue weighted by molar-refractivity contribution is 7.95. The van der Waals surface area contributed by atoms with Crippen molar-refractivity contribution in [3.63, 3.8) is 0 Å². The molecule has 1 heterocycles. The fourth-order valence-corrected chi connectivity index (χ4v) is 0.795. The second-order valence-corrected chi connectivity index (χ2v) is 2.87. The second-order valence-electron chi connectivity index (χ2n) is 1.59. The average Bonchev–Trinajstić information content (AvgIpc) is 2.05. The molecular weight excluding hydrogens is 242 g/mol. The van der Waals surface area contributed by atoms with Crippen LogP contribution in [0.15, 0.2) is 0 Å². The van der Waals surface area contributed by atoms with Crippen molar-refractivity contribution in [1.29, 1.82) is 0 Å². The zero-order valence-corrected chi connectivity index (χ0v) is 7.09. The molecule has 0 saturated carbocycles. The molecule has 0 spiro atoms. The molecule has 1 saturated heterocycles. The van der Waals surface area contributed by atoms with Gasteiger partial charge in [0.2, 0.25) is 0 Å². The Balaban J connectivity index is 2.66. The summed E-state index contributed by atoms with van der Waals surface area (Å²) >= 11 is -0.912. The fraction of sp³-hybridized carbons (Fsp3) is 1.00. The van der Waals surface area contributed by atoms with E-state index in [1.54, 1.807) is 4.89 Å². The van der Waals surface area contributed by atoms with Crippen molar-refractivity contribution < 1.29 is 36.1 Å². The Bertz CT molecular complexity index is 164. The lowest BCUT2D eigenvalue weighted by Crippen LogP contribution is -2.39. The lowest BCUT2D eigenvalue weighted by molar-refractivity contribution is -0.425. The summed E-state index contributed by atoms with van der Waals surface area (Å²) in [4.78, 5) is 8.51. The number of nitrogens with one attached hydrogen (secondary N) is 1. The maximum Gasteiger partial charge on any atom is 0.459 e. The van der Waals surface area contributed by atoms with Gasteiger partial charge in [-0.15, -0.1) is 18.5 Å². The van der Waals surface area contributed by atoms with Crippen molar-refractivity contribution in [1.82, 2.24) is 4.89 Å². The molecule has 78 valence electrons. The molecule has 0 unspecified atom stereocenters. The highest BCUT2D eigenvalue weighted by Crippen LogP contribution is 2.45. The van der Waals surface area contributed by atoms with Crippen LogP contribution in [0.3, 0.4) is 0 Å². The molecule has 1 fully saturated rings. The maximum absolute atomic E-state index is 12.4. The Labute approximate surface area is 77.4 Å². The molecule has 0 radical (unpaired) electrons. The van der Waals surface area contributed by atoms with Crippen LogP contribution in [0.2, 0.25) is 0 Å². The third-order valence-electron chi connectivity index (χ3n) is 0.752. The van der Waals surface area contributed by atoms with Crippen LogP contribution in [0.4, 0.5) is 17.6 Å². The summed E-state index contributed by atoms with van der Waals surface area (Å²) in [5.41, 5.74) is 0. The smallest absolute Gasteiger partial charge is 0.181 e. The highest BCUT2D eigenvalue weighted by atomic mass is 32.2. The standard InChI is InChI=1S/C2HF4NO4S2/c3-1(4)2(5,6)12-11-9-7-13-10-8-1/h7H. The van der Waals surface area contributed by atoms with Gasteiger partial charge in [-0.05, 0) is 0 Å². The quantitative estimate of drug-likeness (QED) is 0.301. The molecule has 1 aliphatic rings. The van der Waals surface area contributed by atoms with E-state index in [4.69, 9.17) is 0 Å². The number of hydrogen-bond donors (Lipinski definition) is 1. The van der Waals surface area contributed by atoms with Gasteiger partial charge in [0.1, 0.15) is 24.3 Å². The minimum absolute atomic E-state index is 0.000671. The van der Waals surface area contributed by atoms with Gasteiger partial charge in [-0.2, -0.15) is 17.6 Å². The van der Waals surface area contributed by atoms with Crippen molar-refractivity contribution in [3.8, 4) is 0 Å². The third kappa shape index (κ3) is 2.83. The monoisotopic (exact) mass is 243 g/mol. The van der Waals surface area contributed by atoms with Gasteiger partial charge in [0, 0.05) is 0 Å². The number of alkyl halides is 4. The van der Waals surface area contributed by atoms with Crippen molar-refractivity contribution in [3.05, 3.63) is 0 Å². The first-order chi connectivity index (χ1) is 5.96. The van der Waals surface area contributed by atoms with E-state index in [1.165, 1.54) is 0 Å². The Morgan fingerprint density at radius 3 is 2.46 bits per heavy atom. The molecule has 0 bridgehead atoms. The molecular formula is C2HF4NO4S2. The van der Waals surface area contributed by atoms with Gasteiger partial charge in [0.15, 0.2) is 0 Å².